The number of alkyl halides is 3. The van der Waals surface area contributed by atoms with Crippen LogP contribution in [0, 0.1) is 12.7 Å². The quantitative estimate of drug-likeness (QED) is 0.789. The Kier molecular flexibility index (Phi) is 3.74. The molecule has 1 aromatic heterocycles. The van der Waals surface area contributed by atoms with E-state index in [0.29, 0.717) is 11.4 Å². The number of hydrogen-bond acceptors (Lipinski definition) is 1. The zero-order valence-electron chi connectivity index (χ0n) is 11.0. The Hall–Kier alpha value is -1.98. The molecule has 2 aromatic rings. The molecule has 0 amide bonds. The number of aromatic amines is 1. The molecule has 1 atom stereocenters. The van der Waals surface area contributed by atoms with Crippen LogP contribution in [-0.4, -0.2) is 4.98 Å². The molecule has 108 valence electrons. The van der Waals surface area contributed by atoms with Crippen molar-refractivity contribution in [3.63, 3.8) is 0 Å². The lowest BCUT2D eigenvalue weighted by molar-refractivity contribution is -0.141. The van der Waals surface area contributed by atoms with Gasteiger partial charge in [0.2, 0.25) is 0 Å². The van der Waals surface area contributed by atoms with Crippen molar-refractivity contribution in [2.75, 3.05) is 5.32 Å². The Bertz CT molecular complexity index is 584. The first-order valence-corrected chi connectivity index (χ1v) is 6.06. The van der Waals surface area contributed by atoms with Crippen LogP contribution >= 0.6 is 0 Å². The van der Waals surface area contributed by atoms with E-state index in [0.717, 1.165) is 0 Å². The lowest BCUT2D eigenvalue weighted by Crippen LogP contribution is -2.14. The molecule has 0 spiro atoms. The molecule has 6 heteroatoms. The number of hydrogen-bond donors (Lipinski definition) is 2. The lowest BCUT2D eigenvalue weighted by Gasteiger charge is -2.17. The third-order valence-electron chi connectivity index (χ3n) is 2.96. The molecular formula is C14H14F4N2. The molecule has 0 saturated heterocycles. The number of halogens is 4. The van der Waals surface area contributed by atoms with Gasteiger partial charge in [-0.15, -0.1) is 0 Å². The second kappa shape index (κ2) is 5.19. The fourth-order valence-corrected chi connectivity index (χ4v) is 2.06. The highest BCUT2D eigenvalue weighted by Crippen LogP contribution is 2.35. The van der Waals surface area contributed by atoms with E-state index in [9.17, 15) is 17.6 Å². The van der Waals surface area contributed by atoms with Gasteiger partial charge in [-0.3, -0.25) is 0 Å². The minimum Gasteiger partial charge on any atom is -0.378 e. The van der Waals surface area contributed by atoms with Crippen LogP contribution in [0.5, 0.6) is 0 Å². The molecule has 0 fully saturated rings. The highest BCUT2D eigenvalue weighted by Gasteiger charge is 2.36. The molecule has 2 rings (SSSR count). The van der Waals surface area contributed by atoms with Crippen LogP contribution in [0.1, 0.15) is 29.9 Å². The summed E-state index contributed by atoms with van der Waals surface area (Å²) in [6.45, 7) is 3.20. The van der Waals surface area contributed by atoms with E-state index >= 15 is 0 Å². The van der Waals surface area contributed by atoms with Crippen molar-refractivity contribution in [2.24, 2.45) is 0 Å². The van der Waals surface area contributed by atoms with Gasteiger partial charge in [0, 0.05) is 16.9 Å². The molecule has 0 bridgehead atoms. The van der Waals surface area contributed by atoms with Gasteiger partial charge in [0.25, 0.3) is 0 Å². The van der Waals surface area contributed by atoms with Crippen LogP contribution < -0.4 is 5.32 Å². The Labute approximate surface area is 113 Å². The summed E-state index contributed by atoms with van der Waals surface area (Å²) in [5.41, 5.74) is 0.391. The lowest BCUT2D eigenvalue weighted by atomic mass is 10.1. The Balaban J connectivity index is 2.25. The number of aryl methyl sites for hydroxylation is 1. The van der Waals surface area contributed by atoms with Crippen LogP contribution in [-0.2, 0) is 6.18 Å². The zero-order valence-corrected chi connectivity index (χ0v) is 11.0. The molecule has 2 N–H and O–H groups in total. The minimum atomic E-state index is -4.43. The van der Waals surface area contributed by atoms with Crippen molar-refractivity contribution < 1.29 is 17.6 Å². The highest BCUT2D eigenvalue weighted by molar-refractivity contribution is 5.46. The van der Waals surface area contributed by atoms with Crippen molar-refractivity contribution in [1.82, 2.24) is 4.98 Å². The van der Waals surface area contributed by atoms with Crippen molar-refractivity contribution >= 4 is 5.69 Å². The third kappa shape index (κ3) is 3.12. The van der Waals surface area contributed by atoms with Crippen molar-refractivity contribution in [3.05, 3.63) is 53.1 Å². The average Bonchev–Trinajstić information content (AvgIpc) is 2.74. The van der Waals surface area contributed by atoms with Gasteiger partial charge in [-0.25, -0.2) is 4.39 Å². The van der Waals surface area contributed by atoms with Gasteiger partial charge >= 0.3 is 6.18 Å². The zero-order chi connectivity index (χ0) is 14.9. The van der Waals surface area contributed by atoms with Gasteiger partial charge in [0.15, 0.2) is 0 Å². The second-order valence-corrected chi connectivity index (χ2v) is 4.65. The van der Waals surface area contributed by atoms with Gasteiger partial charge in [0.05, 0.1) is 6.04 Å². The number of H-pyrrole nitrogens is 1. The molecule has 1 heterocycles. The first-order chi connectivity index (χ1) is 9.27. The van der Waals surface area contributed by atoms with E-state index in [1.165, 1.54) is 30.3 Å². The predicted octanol–water partition coefficient (Wildman–Crippen LogP) is 4.65. The standard InChI is InChI=1S/C14H14F4N2/c1-8-7-12(13(19-8)14(16,17)18)9(2)20-11-5-3-10(15)4-6-11/h3-7,9,19-20H,1-2H3. The number of rotatable bonds is 3. The van der Waals surface area contributed by atoms with Gasteiger partial charge in [-0.1, -0.05) is 0 Å². The molecule has 1 unspecified atom stereocenters. The first kappa shape index (κ1) is 14.4. The number of benzene rings is 1. The number of aromatic nitrogens is 1. The SMILES string of the molecule is Cc1cc(C(C)Nc2ccc(F)cc2)c(C(F)(F)F)[nH]1. The predicted molar refractivity (Wildman–Crippen MR) is 69.0 cm³/mol. The summed E-state index contributed by atoms with van der Waals surface area (Å²) >= 11 is 0. The molecule has 0 aliphatic rings. The summed E-state index contributed by atoms with van der Waals surface area (Å²) in [5.74, 6) is -0.392. The second-order valence-electron chi connectivity index (χ2n) is 4.65. The smallest absolute Gasteiger partial charge is 0.378 e. The topological polar surface area (TPSA) is 27.8 Å². The molecule has 0 aliphatic heterocycles. The summed E-state index contributed by atoms with van der Waals surface area (Å²) in [6.07, 6.45) is -4.43. The summed E-state index contributed by atoms with van der Waals surface area (Å²) in [7, 11) is 0. The van der Waals surface area contributed by atoms with E-state index in [-0.39, 0.29) is 5.56 Å². The van der Waals surface area contributed by atoms with Gasteiger partial charge in [-0.2, -0.15) is 13.2 Å². The van der Waals surface area contributed by atoms with Crippen molar-refractivity contribution in [2.45, 2.75) is 26.1 Å². The fraction of sp³-hybridized carbons (Fsp3) is 0.286. The third-order valence-corrected chi connectivity index (χ3v) is 2.96. The summed E-state index contributed by atoms with van der Waals surface area (Å²) < 4.78 is 51.5. The normalized spacial score (nSPS) is 13.3. The molecule has 2 nitrogen and oxygen atoms in total. The van der Waals surface area contributed by atoms with E-state index in [1.807, 2.05) is 0 Å². The molecule has 0 radical (unpaired) electrons. The highest BCUT2D eigenvalue weighted by atomic mass is 19.4. The monoisotopic (exact) mass is 286 g/mol. The van der Waals surface area contributed by atoms with Gasteiger partial charge in [0.1, 0.15) is 11.5 Å². The summed E-state index contributed by atoms with van der Waals surface area (Å²) in [5, 5.41) is 2.92. The Morgan fingerprint density at radius 1 is 1.15 bits per heavy atom. The summed E-state index contributed by atoms with van der Waals surface area (Å²) in [6, 6.07) is 6.38. The molecule has 1 aromatic carbocycles. The average molecular weight is 286 g/mol. The first-order valence-electron chi connectivity index (χ1n) is 6.06. The van der Waals surface area contributed by atoms with E-state index in [4.69, 9.17) is 0 Å². The van der Waals surface area contributed by atoms with Gasteiger partial charge in [-0.05, 0) is 44.2 Å². The maximum atomic E-state index is 12.9. The molecule has 20 heavy (non-hydrogen) atoms. The van der Waals surface area contributed by atoms with Crippen LogP contribution in [0.3, 0.4) is 0 Å². The number of anilines is 1. The Morgan fingerprint density at radius 3 is 2.30 bits per heavy atom. The maximum Gasteiger partial charge on any atom is 0.431 e. The minimum absolute atomic E-state index is 0.138. The van der Waals surface area contributed by atoms with E-state index < -0.39 is 23.7 Å². The van der Waals surface area contributed by atoms with Crippen molar-refractivity contribution in [3.8, 4) is 0 Å². The van der Waals surface area contributed by atoms with Crippen molar-refractivity contribution in [1.29, 1.82) is 0 Å². The van der Waals surface area contributed by atoms with Crippen LogP contribution in [0.4, 0.5) is 23.2 Å². The van der Waals surface area contributed by atoms with Crippen LogP contribution in [0.15, 0.2) is 30.3 Å². The molecular weight excluding hydrogens is 272 g/mol. The van der Waals surface area contributed by atoms with Gasteiger partial charge < -0.3 is 10.3 Å². The fourth-order valence-electron chi connectivity index (χ4n) is 2.06. The Morgan fingerprint density at radius 2 is 1.75 bits per heavy atom. The summed E-state index contributed by atoms with van der Waals surface area (Å²) in [4.78, 5) is 2.34. The molecule has 0 saturated carbocycles. The van der Waals surface area contributed by atoms with E-state index in [2.05, 4.69) is 10.3 Å². The number of nitrogens with one attached hydrogen (secondary N) is 2. The van der Waals surface area contributed by atoms with E-state index in [1.54, 1.807) is 13.8 Å². The van der Waals surface area contributed by atoms with Crippen LogP contribution in [0.25, 0.3) is 0 Å². The maximum absolute atomic E-state index is 12.9. The molecule has 0 aliphatic carbocycles. The van der Waals surface area contributed by atoms with Crippen LogP contribution in [0.2, 0.25) is 0 Å². The largest absolute Gasteiger partial charge is 0.431 e.